The number of benzene rings is 3. The molecule has 0 atom stereocenters. The molecule has 0 radical (unpaired) electrons. The third-order valence-corrected chi connectivity index (χ3v) is 6.26. The molecule has 4 rings (SSSR count). The third kappa shape index (κ3) is 5.90. The number of aromatic nitrogens is 1. The van der Waals surface area contributed by atoms with Crippen LogP contribution in [-0.2, 0) is 11.3 Å². The van der Waals surface area contributed by atoms with Gasteiger partial charge in [0.05, 0.1) is 13.7 Å². The van der Waals surface area contributed by atoms with Gasteiger partial charge < -0.3 is 14.2 Å². The number of hydrogen-bond donors (Lipinski definition) is 1. The summed E-state index contributed by atoms with van der Waals surface area (Å²) in [5, 5.41) is 4.56. The average molecular weight is 513 g/mol. The van der Waals surface area contributed by atoms with Crippen molar-refractivity contribution in [3.63, 3.8) is 0 Å². The van der Waals surface area contributed by atoms with Crippen LogP contribution >= 0.6 is 22.9 Å². The zero-order valence-corrected chi connectivity index (χ0v) is 20.6. The van der Waals surface area contributed by atoms with Gasteiger partial charge in [0.1, 0.15) is 28.1 Å². The van der Waals surface area contributed by atoms with Crippen LogP contribution in [0.5, 0.6) is 11.5 Å². The summed E-state index contributed by atoms with van der Waals surface area (Å²) in [6, 6.07) is 19.0. The predicted molar refractivity (Wildman–Crippen MR) is 136 cm³/mol. The van der Waals surface area contributed by atoms with Gasteiger partial charge in [-0.1, -0.05) is 53.3 Å². The summed E-state index contributed by atoms with van der Waals surface area (Å²) in [7, 11) is 1.53. The fourth-order valence-electron chi connectivity index (χ4n) is 3.28. The van der Waals surface area contributed by atoms with E-state index in [0.717, 1.165) is 11.1 Å². The second-order valence-electron chi connectivity index (χ2n) is 7.29. The molecule has 0 aliphatic carbocycles. The molecule has 0 spiro atoms. The number of methoxy groups -OCH3 is 1. The highest BCUT2D eigenvalue weighted by Gasteiger charge is 2.18. The molecule has 1 heterocycles. The van der Waals surface area contributed by atoms with Gasteiger partial charge in [0.2, 0.25) is 0 Å². The molecule has 0 aliphatic heterocycles. The lowest BCUT2D eigenvalue weighted by atomic mass is 10.1. The van der Waals surface area contributed by atoms with Crippen molar-refractivity contribution in [1.82, 2.24) is 4.98 Å². The molecule has 3 aromatic carbocycles. The summed E-state index contributed by atoms with van der Waals surface area (Å²) in [6.45, 7) is 2.05. The van der Waals surface area contributed by atoms with Crippen LogP contribution in [0.4, 0.5) is 14.2 Å². The number of rotatable bonds is 8. The molecular weight excluding hydrogens is 491 g/mol. The van der Waals surface area contributed by atoms with Crippen LogP contribution in [-0.4, -0.2) is 24.8 Å². The largest absolute Gasteiger partial charge is 0.493 e. The van der Waals surface area contributed by atoms with Gasteiger partial charge in [-0.05, 0) is 43.3 Å². The minimum absolute atomic E-state index is 0.0634. The van der Waals surface area contributed by atoms with E-state index in [4.69, 9.17) is 30.8 Å². The lowest BCUT2D eigenvalue weighted by molar-refractivity contribution is 0.168. The number of amides is 1. The Kier molecular flexibility index (Phi) is 7.84. The van der Waals surface area contributed by atoms with Crippen molar-refractivity contribution < 1.29 is 23.4 Å². The van der Waals surface area contributed by atoms with Crippen molar-refractivity contribution in [3.05, 3.63) is 83.1 Å². The van der Waals surface area contributed by atoms with E-state index in [1.54, 1.807) is 49.4 Å². The predicted octanol–water partition coefficient (Wildman–Crippen LogP) is 7.43. The summed E-state index contributed by atoms with van der Waals surface area (Å²) < 4.78 is 30.3. The van der Waals surface area contributed by atoms with Crippen LogP contribution in [0.25, 0.3) is 21.8 Å². The quantitative estimate of drug-likeness (QED) is 0.266. The molecule has 9 heteroatoms. The highest BCUT2D eigenvalue weighted by atomic mass is 35.5. The maximum Gasteiger partial charge on any atom is 0.412 e. The molecule has 4 aromatic rings. The van der Waals surface area contributed by atoms with Gasteiger partial charge in [-0.15, -0.1) is 0 Å². The molecule has 6 nitrogen and oxygen atoms in total. The van der Waals surface area contributed by atoms with Crippen molar-refractivity contribution in [2.45, 2.75) is 13.5 Å². The molecule has 0 fully saturated rings. The van der Waals surface area contributed by atoms with E-state index in [1.807, 2.05) is 18.2 Å². The second kappa shape index (κ2) is 11.2. The van der Waals surface area contributed by atoms with Gasteiger partial charge in [-0.2, -0.15) is 0 Å². The molecule has 0 aliphatic rings. The van der Waals surface area contributed by atoms with E-state index in [1.165, 1.54) is 24.5 Å². The molecule has 35 heavy (non-hydrogen) atoms. The maximum atomic E-state index is 13.9. The number of halogens is 2. The molecule has 0 saturated heterocycles. The lowest BCUT2D eigenvalue weighted by Crippen LogP contribution is -2.12. The number of hydrogen-bond acceptors (Lipinski definition) is 6. The van der Waals surface area contributed by atoms with Crippen LogP contribution in [0.2, 0.25) is 5.02 Å². The van der Waals surface area contributed by atoms with E-state index >= 15 is 0 Å². The zero-order chi connectivity index (χ0) is 24.8. The molecule has 1 aromatic heterocycles. The Morgan fingerprint density at radius 3 is 2.51 bits per heavy atom. The lowest BCUT2D eigenvalue weighted by Gasteiger charge is -2.12. The minimum atomic E-state index is -0.563. The van der Waals surface area contributed by atoms with Crippen molar-refractivity contribution >= 4 is 34.0 Å². The Morgan fingerprint density at radius 2 is 1.80 bits per heavy atom. The van der Waals surface area contributed by atoms with E-state index in [0.29, 0.717) is 37.8 Å². The summed E-state index contributed by atoms with van der Waals surface area (Å²) in [6.07, 6.45) is -0.563. The number of nitrogens with one attached hydrogen (secondary N) is 1. The minimum Gasteiger partial charge on any atom is -0.493 e. The van der Waals surface area contributed by atoms with Crippen molar-refractivity contribution in [1.29, 1.82) is 0 Å². The molecule has 1 amide bonds. The summed E-state index contributed by atoms with van der Waals surface area (Å²) in [5.41, 5.74) is 2.59. The standard InChI is InChI=1S/C26H22ClFN2O4S/c1-3-33-26(31)30-25-23(16-8-11-19(27)12-9-16)29-24(35-25)17-10-13-21(22(14-17)32-2)34-15-18-6-4-5-7-20(18)28/h4-14H,3,15H2,1-2H3,(H,30,31). The Balaban J connectivity index is 1.64. The van der Waals surface area contributed by atoms with E-state index < -0.39 is 6.09 Å². The number of anilines is 1. The number of carbonyl (C=O) groups is 1. The fourth-order valence-corrected chi connectivity index (χ4v) is 4.38. The Labute approximate surface area is 211 Å². The van der Waals surface area contributed by atoms with Gasteiger partial charge in [0, 0.05) is 21.7 Å². The maximum absolute atomic E-state index is 13.9. The second-order valence-corrected chi connectivity index (χ2v) is 8.73. The van der Waals surface area contributed by atoms with Gasteiger partial charge >= 0.3 is 6.09 Å². The first-order chi connectivity index (χ1) is 17.0. The molecule has 180 valence electrons. The van der Waals surface area contributed by atoms with Crippen molar-refractivity contribution in [2.75, 3.05) is 19.0 Å². The highest BCUT2D eigenvalue weighted by molar-refractivity contribution is 7.19. The fraction of sp³-hybridized carbons (Fsp3) is 0.154. The zero-order valence-electron chi connectivity index (χ0n) is 19.0. The summed E-state index contributed by atoms with van der Waals surface area (Å²) in [5.74, 6) is 0.614. The van der Waals surface area contributed by atoms with E-state index in [2.05, 4.69) is 5.32 Å². The first-order valence-corrected chi connectivity index (χ1v) is 11.9. The van der Waals surface area contributed by atoms with Crippen molar-refractivity contribution in [3.8, 4) is 33.3 Å². The Morgan fingerprint density at radius 1 is 1.06 bits per heavy atom. The van der Waals surface area contributed by atoms with E-state index in [-0.39, 0.29) is 19.0 Å². The average Bonchev–Trinajstić information content (AvgIpc) is 3.27. The molecule has 0 unspecified atom stereocenters. The highest BCUT2D eigenvalue weighted by Crippen LogP contribution is 2.41. The Hall–Kier alpha value is -3.62. The molecule has 0 saturated carbocycles. The monoisotopic (exact) mass is 512 g/mol. The first-order valence-electron chi connectivity index (χ1n) is 10.7. The van der Waals surface area contributed by atoms with E-state index in [9.17, 15) is 9.18 Å². The number of carbonyl (C=O) groups excluding carboxylic acids is 1. The summed E-state index contributed by atoms with van der Waals surface area (Å²) >= 11 is 7.33. The van der Waals surface area contributed by atoms with Gasteiger partial charge in [0.25, 0.3) is 0 Å². The van der Waals surface area contributed by atoms with Gasteiger partial charge in [-0.25, -0.2) is 14.2 Å². The summed E-state index contributed by atoms with van der Waals surface area (Å²) in [4.78, 5) is 16.9. The Bertz CT molecular complexity index is 1330. The molecule has 0 bridgehead atoms. The normalized spacial score (nSPS) is 10.6. The van der Waals surface area contributed by atoms with Crippen LogP contribution in [0.1, 0.15) is 12.5 Å². The van der Waals surface area contributed by atoms with Crippen LogP contribution in [0, 0.1) is 5.82 Å². The molecular formula is C26H22ClFN2O4S. The first kappa shape index (κ1) is 24.5. The smallest absolute Gasteiger partial charge is 0.412 e. The van der Waals surface area contributed by atoms with Gasteiger partial charge in [-0.3, -0.25) is 5.32 Å². The number of thiazole rings is 1. The SMILES string of the molecule is CCOC(=O)Nc1sc(-c2ccc(OCc3ccccc3F)c(OC)c2)nc1-c1ccc(Cl)cc1. The van der Waals surface area contributed by atoms with Crippen LogP contribution < -0.4 is 14.8 Å². The third-order valence-electron chi connectivity index (χ3n) is 4.99. The topological polar surface area (TPSA) is 69.7 Å². The molecule has 1 N–H and O–H groups in total. The number of ether oxygens (including phenoxy) is 3. The van der Waals surface area contributed by atoms with Gasteiger partial charge in [0.15, 0.2) is 11.5 Å². The van der Waals surface area contributed by atoms with Crippen LogP contribution in [0.15, 0.2) is 66.7 Å². The number of nitrogens with zero attached hydrogens (tertiary/aromatic N) is 1. The van der Waals surface area contributed by atoms with Crippen LogP contribution in [0.3, 0.4) is 0 Å². The van der Waals surface area contributed by atoms with Crippen molar-refractivity contribution in [2.24, 2.45) is 0 Å².